The number of hydrogen-bond donors (Lipinski definition) is 0. The van der Waals surface area contributed by atoms with Crippen LogP contribution in [0.5, 0.6) is 0 Å². The molecule has 0 saturated heterocycles. The summed E-state index contributed by atoms with van der Waals surface area (Å²) in [6.07, 6.45) is 9.16. The summed E-state index contributed by atoms with van der Waals surface area (Å²) < 4.78 is 10.5. The van der Waals surface area contributed by atoms with Crippen LogP contribution in [-0.2, 0) is 19.1 Å². The van der Waals surface area contributed by atoms with Crippen molar-refractivity contribution in [1.82, 2.24) is 0 Å². The number of unbranched alkanes of at least 4 members (excludes halogenated alkanes) is 5. The van der Waals surface area contributed by atoms with Crippen molar-refractivity contribution in [3.05, 3.63) is 12.2 Å². The monoisotopic (exact) mass is 342 g/mol. The van der Waals surface area contributed by atoms with Crippen LogP contribution in [0.3, 0.4) is 0 Å². The molecule has 0 aromatic heterocycles. The van der Waals surface area contributed by atoms with E-state index in [2.05, 4.69) is 6.92 Å². The fraction of sp³-hybridized carbons (Fsp3) is 0.778. The third-order valence-corrected chi connectivity index (χ3v) is 5.96. The molecule has 5 heteroatoms. The van der Waals surface area contributed by atoms with E-state index in [0.29, 0.717) is 6.61 Å². The molecule has 1 atom stereocenters. The number of carbonyl (C=O) groups excluding carboxylic acids is 2. The predicted molar refractivity (Wildman–Crippen MR) is 97.4 cm³/mol. The molecular weight excluding hydrogens is 308 g/mol. The molecule has 0 aliphatic carbocycles. The van der Waals surface area contributed by atoms with Crippen LogP contribution in [0, 0.1) is 5.41 Å². The Morgan fingerprint density at radius 3 is 2.00 bits per heavy atom. The lowest BCUT2D eigenvalue weighted by atomic mass is 9.89. The molecule has 0 aliphatic rings. The summed E-state index contributed by atoms with van der Waals surface area (Å²) in [6.45, 7) is 10.6. The molecule has 0 rings (SSSR count). The molecule has 0 aliphatic heterocycles. The third-order valence-electron chi connectivity index (χ3n) is 4.26. The van der Waals surface area contributed by atoms with Crippen LogP contribution < -0.4 is 0 Å². The SMILES string of the molecule is CCCCCCCCOC(=O)C=CC(=O)OC(C)([SiH3])C(C)(C)C. The van der Waals surface area contributed by atoms with Crippen molar-refractivity contribution in [1.29, 1.82) is 0 Å². The fourth-order valence-electron chi connectivity index (χ4n) is 1.68. The molecule has 0 saturated carbocycles. The fourth-order valence-corrected chi connectivity index (χ4v) is 1.88. The number of ether oxygens (including phenoxy) is 2. The van der Waals surface area contributed by atoms with Gasteiger partial charge in [-0.05, 0) is 18.8 Å². The van der Waals surface area contributed by atoms with Crippen LogP contribution in [0.1, 0.15) is 73.1 Å². The predicted octanol–water partition coefficient (Wildman–Crippen LogP) is 3.12. The van der Waals surface area contributed by atoms with Gasteiger partial charge < -0.3 is 9.47 Å². The molecule has 0 heterocycles. The highest BCUT2D eigenvalue weighted by atomic mass is 28.1. The Hall–Kier alpha value is -1.10. The van der Waals surface area contributed by atoms with Gasteiger partial charge in [-0.1, -0.05) is 59.8 Å². The zero-order valence-electron chi connectivity index (χ0n) is 15.7. The van der Waals surface area contributed by atoms with E-state index in [1.54, 1.807) is 0 Å². The average molecular weight is 343 g/mol. The summed E-state index contributed by atoms with van der Waals surface area (Å²) in [4.78, 5) is 23.3. The summed E-state index contributed by atoms with van der Waals surface area (Å²) in [5, 5.41) is -0.475. The Balaban J connectivity index is 3.97. The quantitative estimate of drug-likeness (QED) is 0.265. The summed E-state index contributed by atoms with van der Waals surface area (Å²) in [5.74, 6) is -0.977. The lowest BCUT2D eigenvalue weighted by Crippen LogP contribution is -2.44. The zero-order valence-corrected chi connectivity index (χ0v) is 17.7. The van der Waals surface area contributed by atoms with Crippen LogP contribution in [0.15, 0.2) is 12.2 Å². The van der Waals surface area contributed by atoms with Crippen molar-refractivity contribution in [2.75, 3.05) is 6.61 Å². The van der Waals surface area contributed by atoms with E-state index in [1.807, 2.05) is 27.7 Å². The second-order valence-electron chi connectivity index (χ2n) is 7.45. The molecule has 134 valence electrons. The molecule has 0 aromatic rings. The van der Waals surface area contributed by atoms with Gasteiger partial charge in [0.1, 0.15) is 0 Å². The maximum Gasteiger partial charge on any atom is 0.331 e. The Bertz CT molecular complexity index is 394. The van der Waals surface area contributed by atoms with Gasteiger partial charge in [-0.15, -0.1) is 0 Å². The van der Waals surface area contributed by atoms with E-state index in [1.165, 1.54) is 25.7 Å². The molecule has 0 fully saturated rings. The zero-order chi connectivity index (χ0) is 17.9. The Morgan fingerprint density at radius 1 is 0.913 bits per heavy atom. The molecule has 0 amide bonds. The first kappa shape index (κ1) is 21.9. The number of esters is 2. The van der Waals surface area contributed by atoms with E-state index in [9.17, 15) is 9.59 Å². The Morgan fingerprint density at radius 2 is 1.43 bits per heavy atom. The number of hydrogen-bond acceptors (Lipinski definition) is 4. The van der Waals surface area contributed by atoms with Gasteiger partial charge in [-0.3, -0.25) is 0 Å². The average Bonchev–Trinajstić information content (AvgIpc) is 2.42. The molecule has 0 radical (unpaired) electrons. The van der Waals surface area contributed by atoms with E-state index in [-0.39, 0.29) is 5.41 Å². The van der Waals surface area contributed by atoms with Crippen LogP contribution in [0.2, 0.25) is 0 Å². The van der Waals surface area contributed by atoms with Crippen molar-refractivity contribution in [3.63, 3.8) is 0 Å². The Kier molecular flexibility index (Phi) is 10.1. The van der Waals surface area contributed by atoms with Gasteiger partial charge >= 0.3 is 11.9 Å². The lowest BCUT2D eigenvalue weighted by Gasteiger charge is -2.37. The first-order valence-corrected chi connectivity index (χ1v) is 9.68. The smallest absolute Gasteiger partial charge is 0.331 e. The van der Waals surface area contributed by atoms with Gasteiger partial charge in [-0.25, -0.2) is 9.59 Å². The van der Waals surface area contributed by atoms with Crippen molar-refractivity contribution < 1.29 is 19.1 Å². The van der Waals surface area contributed by atoms with E-state index >= 15 is 0 Å². The highest BCUT2D eigenvalue weighted by Crippen LogP contribution is 2.30. The van der Waals surface area contributed by atoms with Crippen molar-refractivity contribution >= 4 is 22.2 Å². The summed E-state index contributed by atoms with van der Waals surface area (Å²) in [5.41, 5.74) is -0.124. The third kappa shape index (κ3) is 10.3. The topological polar surface area (TPSA) is 52.6 Å². The molecule has 4 nitrogen and oxygen atoms in total. The largest absolute Gasteiger partial charge is 0.463 e. The minimum absolute atomic E-state index is 0.124. The van der Waals surface area contributed by atoms with Crippen molar-refractivity contribution in [2.24, 2.45) is 5.41 Å². The molecule has 0 bridgehead atoms. The van der Waals surface area contributed by atoms with Crippen molar-refractivity contribution in [3.8, 4) is 0 Å². The van der Waals surface area contributed by atoms with Crippen LogP contribution in [-0.4, -0.2) is 34.0 Å². The second-order valence-corrected chi connectivity index (χ2v) is 9.36. The van der Waals surface area contributed by atoms with E-state index < -0.39 is 17.2 Å². The maximum absolute atomic E-state index is 11.8. The number of carbonyl (C=O) groups is 2. The lowest BCUT2D eigenvalue weighted by molar-refractivity contribution is -0.152. The van der Waals surface area contributed by atoms with Gasteiger partial charge in [0.2, 0.25) is 0 Å². The maximum atomic E-state index is 11.8. The standard InChI is InChI=1S/C18H34O4Si/c1-6-7-8-9-10-11-14-21-15(19)12-13-16(20)22-18(5,23)17(2,3)4/h12-13H,6-11,14H2,1-5,23H3. The first-order valence-electron chi connectivity index (χ1n) is 8.68. The van der Waals surface area contributed by atoms with E-state index in [4.69, 9.17) is 9.47 Å². The molecule has 0 spiro atoms. The van der Waals surface area contributed by atoms with E-state index in [0.717, 1.165) is 35.2 Å². The minimum atomic E-state index is -0.492. The normalized spacial score (nSPS) is 14.7. The molecule has 0 aromatic carbocycles. The molecule has 23 heavy (non-hydrogen) atoms. The van der Waals surface area contributed by atoms with Crippen LogP contribution in [0.4, 0.5) is 0 Å². The highest BCUT2D eigenvalue weighted by molar-refractivity contribution is 6.15. The number of rotatable bonds is 10. The minimum Gasteiger partial charge on any atom is -0.463 e. The molecular formula is C18H34O4Si. The van der Waals surface area contributed by atoms with Crippen molar-refractivity contribution in [2.45, 2.75) is 78.4 Å². The van der Waals surface area contributed by atoms with Gasteiger partial charge in [0, 0.05) is 12.2 Å². The van der Waals surface area contributed by atoms with Gasteiger partial charge in [-0.2, -0.15) is 0 Å². The van der Waals surface area contributed by atoms with Gasteiger partial charge in [0.15, 0.2) is 0 Å². The second kappa shape index (κ2) is 10.6. The first-order chi connectivity index (χ1) is 10.6. The summed E-state index contributed by atoms with van der Waals surface area (Å²) >= 11 is 0. The van der Waals surface area contributed by atoms with Gasteiger partial charge in [0.25, 0.3) is 0 Å². The highest BCUT2D eigenvalue weighted by Gasteiger charge is 2.35. The van der Waals surface area contributed by atoms with Crippen LogP contribution >= 0.6 is 0 Å². The summed E-state index contributed by atoms with van der Waals surface area (Å²) in [6, 6.07) is 0. The Labute approximate surface area is 144 Å². The molecule has 0 N–H and O–H groups in total. The van der Waals surface area contributed by atoms with Crippen LogP contribution in [0.25, 0.3) is 0 Å². The molecule has 1 unspecified atom stereocenters. The summed E-state index contributed by atoms with van der Waals surface area (Å²) in [7, 11) is 0.718. The van der Waals surface area contributed by atoms with Gasteiger partial charge in [0.05, 0.1) is 22.1 Å².